The van der Waals surface area contributed by atoms with E-state index in [0.29, 0.717) is 11.6 Å². The number of hydrogen-bond donors (Lipinski definition) is 1. The third-order valence-corrected chi connectivity index (χ3v) is 4.11. The van der Waals surface area contributed by atoms with Crippen LogP contribution in [0.3, 0.4) is 0 Å². The first-order chi connectivity index (χ1) is 9.28. The van der Waals surface area contributed by atoms with Crippen molar-refractivity contribution in [1.29, 1.82) is 0 Å². The first-order valence-corrected chi connectivity index (χ1v) is 7.02. The standard InChI is InChI=1S/C14H20N4O/c1-2-17-8-5-11(6-9-17)10-13-15-16-14-12(19)4-3-7-18(13)14/h3-4,7,11,19H,2,5-6,8-10H2,1H3. The van der Waals surface area contributed by atoms with Gasteiger partial charge in [0.05, 0.1) is 0 Å². The molecule has 19 heavy (non-hydrogen) atoms. The summed E-state index contributed by atoms with van der Waals surface area (Å²) in [6, 6.07) is 3.47. The van der Waals surface area contributed by atoms with Crippen molar-refractivity contribution in [2.45, 2.75) is 26.2 Å². The summed E-state index contributed by atoms with van der Waals surface area (Å²) in [6.45, 7) is 5.73. The number of aromatic nitrogens is 3. The van der Waals surface area contributed by atoms with Crippen LogP contribution in [-0.2, 0) is 6.42 Å². The third kappa shape index (κ3) is 2.42. The smallest absolute Gasteiger partial charge is 0.203 e. The second-order valence-electron chi connectivity index (χ2n) is 5.29. The van der Waals surface area contributed by atoms with Crippen molar-refractivity contribution in [3.05, 3.63) is 24.2 Å². The quantitative estimate of drug-likeness (QED) is 0.913. The zero-order valence-corrected chi connectivity index (χ0v) is 11.3. The van der Waals surface area contributed by atoms with Crippen molar-refractivity contribution in [2.24, 2.45) is 5.92 Å². The molecule has 1 saturated heterocycles. The first kappa shape index (κ1) is 12.4. The van der Waals surface area contributed by atoms with Gasteiger partial charge in [0.1, 0.15) is 5.82 Å². The van der Waals surface area contributed by atoms with Gasteiger partial charge in [-0.25, -0.2) is 0 Å². The molecule has 1 N–H and O–H groups in total. The summed E-state index contributed by atoms with van der Waals surface area (Å²) < 4.78 is 1.90. The molecule has 3 rings (SSSR count). The molecular weight excluding hydrogens is 240 g/mol. The summed E-state index contributed by atoms with van der Waals surface area (Å²) in [5, 5.41) is 18.0. The Kier molecular flexibility index (Phi) is 3.38. The highest BCUT2D eigenvalue weighted by Gasteiger charge is 2.20. The number of aromatic hydroxyl groups is 1. The Morgan fingerprint density at radius 3 is 2.84 bits per heavy atom. The largest absolute Gasteiger partial charge is 0.504 e. The highest BCUT2D eigenvalue weighted by molar-refractivity contribution is 5.51. The molecule has 5 heteroatoms. The van der Waals surface area contributed by atoms with Crippen molar-refractivity contribution < 1.29 is 5.11 Å². The third-order valence-electron chi connectivity index (χ3n) is 4.11. The highest BCUT2D eigenvalue weighted by Crippen LogP contribution is 2.22. The van der Waals surface area contributed by atoms with Gasteiger partial charge in [-0.05, 0) is 50.5 Å². The van der Waals surface area contributed by atoms with Crippen molar-refractivity contribution in [3.8, 4) is 5.75 Å². The molecule has 0 aromatic carbocycles. The topological polar surface area (TPSA) is 53.7 Å². The molecule has 0 aliphatic carbocycles. The van der Waals surface area contributed by atoms with Gasteiger partial charge in [-0.2, -0.15) is 0 Å². The second kappa shape index (κ2) is 5.17. The Balaban J connectivity index is 1.74. The average Bonchev–Trinajstić information content (AvgIpc) is 2.84. The summed E-state index contributed by atoms with van der Waals surface area (Å²) in [6.07, 6.45) is 5.32. The minimum Gasteiger partial charge on any atom is -0.504 e. The molecule has 102 valence electrons. The van der Waals surface area contributed by atoms with Crippen molar-refractivity contribution >= 4 is 5.65 Å². The molecule has 5 nitrogen and oxygen atoms in total. The maximum atomic E-state index is 9.73. The van der Waals surface area contributed by atoms with Gasteiger partial charge in [0.25, 0.3) is 0 Å². The molecule has 0 amide bonds. The predicted molar refractivity (Wildman–Crippen MR) is 73.2 cm³/mol. The number of pyridine rings is 1. The summed E-state index contributed by atoms with van der Waals surface area (Å²) in [4.78, 5) is 2.49. The SMILES string of the molecule is CCN1CCC(Cc2nnc3c(O)cccn23)CC1. The molecule has 2 aromatic rings. The lowest BCUT2D eigenvalue weighted by Gasteiger charge is -2.30. The van der Waals surface area contributed by atoms with E-state index in [4.69, 9.17) is 0 Å². The molecule has 1 aliphatic heterocycles. The maximum absolute atomic E-state index is 9.73. The fourth-order valence-corrected chi connectivity index (χ4v) is 2.85. The molecule has 0 radical (unpaired) electrons. The fraction of sp³-hybridized carbons (Fsp3) is 0.571. The summed E-state index contributed by atoms with van der Waals surface area (Å²) in [5.74, 6) is 1.83. The van der Waals surface area contributed by atoms with Gasteiger partial charge in [0.2, 0.25) is 5.65 Å². The number of likely N-dealkylation sites (tertiary alicyclic amines) is 1. The Morgan fingerprint density at radius 2 is 2.11 bits per heavy atom. The average molecular weight is 260 g/mol. The molecule has 0 bridgehead atoms. The van der Waals surface area contributed by atoms with Gasteiger partial charge in [-0.15, -0.1) is 10.2 Å². The Morgan fingerprint density at radius 1 is 1.32 bits per heavy atom. The van der Waals surface area contributed by atoms with Crippen LogP contribution < -0.4 is 0 Å². The number of rotatable bonds is 3. The monoisotopic (exact) mass is 260 g/mol. The second-order valence-corrected chi connectivity index (χ2v) is 5.29. The van der Waals surface area contributed by atoms with Crippen LogP contribution in [0.5, 0.6) is 5.75 Å². The van der Waals surface area contributed by atoms with Crippen LogP contribution in [0.1, 0.15) is 25.6 Å². The van der Waals surface area contributed by atoms with E-state index >= 15 is 0 Å². The lowest BCUT2D eigenvalue weighted by atomic mass is 9.93. The van der Waals surface area contributed by atoms with E-state index in [1.54, 1.807) is 6.07 Å². The van der Waals surface area contributed by atoms with Crippen LogP contribution in [0.15, 0.2) is 18.3 Å². The molecule has 0 spiro atoms. The minimum atomic E-state index is 0.196. The number of hydrogen-bond acceptors (Lipinski definition) is 4. The van der Waals surface area contributed by atoms with E-state index in [9.17, 15) is 5.11 Å². The lowest BCUT2D eigenvalue weighted by Crippen LogP contribution is -2.34. The molecule has 0 unspecified atom stereocenters. The minimum absolute atomic E-state index is 0.196. The van der Waals surface area contributed by atoms with Gasteiger partial charge in [-0.3, -0.25) is 4.40 Å². The van der Waals surface area contributed by atoms with Crippen LogP contribution in [-0.4, -0.2) is 44.2 Å². The van der Waals surface area contributed by atoms with E-state index in [1.807, 2.05) is 16.7 Å². The Bertz CT molecular complexity index is 558. The molecule has 0 saturated carbocycles. The van der Waals surface area contributed by atoms with E-state index in [2.05, 4.69) is 22.0 Å². The normalized spacial score (nSPS) is 18.2. The zero-order valence-electron chi connectivity index (χ0n) is 11.3. The molecule has 2 aromatic heterocycles. The van der Waals surface area contributed by atoms with Crippen LogP contribution in [0.2, 0.25) is 0 Å². The molecule has 3 heterocycles. The van der Waals surface area contributed by atoms with E-state index in [1.165, 1.54) is 25.9 Å². The van der Waals surface area contributed by atoms with Crippen molar-refractivity contribution in [1.82, 2.24) is 19.5 Å². The number of piperidine rings is 1. The van der Waals surface area contributed by atoms with Crippen LogP contribution >= 0.6 is 0 Å². The molecule has 0 atom stereocenters. The van der Waals surface area contributed by atoms with Crippen LogP contribution in [0.25, 0.3) is 5.65 Å². The van der Waals surface area contributed by atoms with Crippen molar-refractivity contribution in [3.63, 3.8) is 0 Å². The van der Waals surface area contributed by atoms with E-state index in [0.717, 1.165) is 18.8 Å². The van der Waals surface area contributed by atoms with Crippen LogP contribution in [0, 0.1) is 5.92 Å². The van der Waals surface area contributed by atoms with Crippen LogP contribution in [0.4, 0.5) is 0 Å². The summed E-state index contributed by atoms with van der Waals surface area (Å²) in [7, 11) is 0. The molecule has 1 fully saturated rings. The lowest BCUT2D eigenvalue weighted by molar-refractivity contribution is 0.190. The van der Waals surface area contributed by atoms with Gasteiger partial charge in [-0.1, -0.05) is 6.92 Å². The zero-order chi connectivity index (χ0) is 13.2. The predicted octanol–water partition coefficient (Wildman–Crippen LogP) is 1.71. The number of fused-ring (bicyclic) bond motifs is 1. The fourth-order valence-electron chi connectivity index (χ4n) is 2.85. The first-order valence-electron chi connectivity index (χ1n) is 7.02. The van der Waals surface area contributed by atoms with Gasteiger partial charge in [0.15, 0.2) is 5.75 Å². The Hall–Kier alpha value is -1.62. The highest BCUT2D eigenvalue weighted by atomic mass is 16.3. The molecular formula is C14H20N4O. The van der Waals surface area contributed by atoms with Gasteiger partial charge >= 0.3 is 0 Å². The summed E-state index contributed by atoms with van der Waals surface area (Å²) in [5.41, 5.74) is 0.559. The molecule has 1 aliphatic rings. The van der Waals surface area contributed by atoms with Crippen molar-refractivity contribution in [2.75, 3.05) is 19.6 Å². The Labute approximate surface area is 112 Å². The number of nitrogens with zero attached hydrogens (tertiary/aromatic N) is 4. The van der Waals surface area contributed by atoms with Gasteiger partial charge in [0, 0.05) is 12.6 Å². The maximum Gasteiger partial charge on any atom is 0.203 e. The van der Waals surface area contributed by atoms with E-state index < -0.39 is 0 Å². The van der Waals surface area contributed by atoms with E-state index in [-0.39, 0.29) is 5.75 Å². The summed E-state index contributed by atoms with van der Waals surface area (Å²) >= 11 is 0. The van der Waals surface area contributed by atoms with Gasteiger partial charge < -0.3 is 10.0 Å².